The number of hydrogen-bond donors (Lipinski definition) is 1. The molecule has 2 amide bonds. The van der Waals surface area contributed by atoms with Crippen molar-refractivity contribution in [2.75, 3.05) is 39.3 Å². The highest BCUT2D eigenvalue weighted by molar-refractivity contribution is 5.85. The van der Waals surface area contributed by atoms with Crippen LogP contribution in [0.1, 0.15) is 46.0 Å². The van der Waals surface area contributed by atoms with Crippen molar-refractivity contribution in [1.82, 2.24) is 15.1 Å². The zero-order valence-electron chi connectivity index (χ0n) is 15.1. The predicted molar refractivity (Wildman–Crippen MR) is 91.6 cm³/mol. The van der Waals surface area contributed by atoms with Crippen molar-refractivity contribution < 1.29 is 14.3 Å². The Morgan fingerprint density at radius 1 is 1.12 bits per heavy atom. The van der Waals surface area contributed by atoms with Crippen LogP contribution in [0, 0.1) is 5.41 Å². The van der Waals surface area contributed by atoms with Crippen molar-refractivity contribution in [3.8, 4) is 0 Å². The number of carbonyl (C=O) groups is 2. The summed E-state index contributed by atoms with van der Waals surface area (Å²) in [4.78, 5) is 28.9. The van der Waals surface area contributed by atoms with Crippen molar-refractivity contribution >= 4 is 11.8 Å². The summed E-state index contributed by atoms with van der Waals surface area (Å²) in [5.41, 5.74) is 0.391. The summed E-state index contributed by atoms with van der Waals surface area (Å²) in [6, 6.07) is 0. The van der Waals surface area contributed by atoms with Crippen LogP contribution in [0.5, 0.6) is 0 Å². The van der Waals surface area contributed by atoms with Gasteiger partial charge in [0.25, 0.3) is 5.91 Å². The van der Waals surface area contributed by atoms with Crippen molar-refractivity contribution in [2.24, 2.45) is 5.41 Å². The normalized spacial score (nSPS) is 30.0. The molecule has 3 heterocycles. The molecule has 2 atom stereocenters. The van der Waals surface area contributed by atoms with Gasteiger partial charge in [-0.25, -0.2) is 0 Å². The smallest absolute Gasteiger partial charge is 0.251 e. The molecule has 3 fully saturated rings. The quantitative estimate of drug-likeness (QED) is 0.813. The molecule has 3 aliphatic rings. The van der Waals surface area contributed by atoms with Gasteiger partial charge in [-0.1, -0.05) is 13.8 Å². The number of likely N-dealkylation sites (tertiary alicyclic amines) is 2. The average molecular weight is 337 g/mol. The van der Waals surface area contributed by atoms with E-state index in [1.165, 1.54) is 6.42 Å². The van der Waals surface area contributed by atoms with E-state index in [0.717, 1.165) is 45.6 Å². The van der Waals surface area contributed by atoms with Crippen molar-refractivity contribution in [2.45, 2.75) is 58.2 Å². The van der Waals surface area contributed by atoms with Crippen LogP contribution in [0.25, 0.3) is 0 Å². The first kappa shape index (κ1) is 17.7. The van der Waals surface area contributed by atoms with Gasteiger partial charge in [0.1, 0.15) is 12.2 Å². The van der Waals surface area contributed by atoms with Gasteiger partial charge in [0.2, 0.25) is 5.91 Å². The molecular weight excluding hydrogens is 306 g/mol. The molecule has 0 aromatic rings. The molecule has 0 aromatic heterocycles. The lowest BCUT2D eigenvalue weighted by Crippen LogP contribution is -2.41. The Bertz CT molecular complexity index is 474. The summed E-state index contributed by atoms with van der Waals surface area (Å²) in [5.74, 6) is 0.00674. The maximum absolute atomic E-state index is 12.3. The molecule has 6 heteroatoms. The number of carbonyl (C=O) groups excluding carboxylic acids is 2. The minimum absolute atomic E-state index is 0.0646. The predicted octanol–water partition coefficient (Wildman–Crippen LogP) is 1.00. The SMILES string of the molecule is CC1(C)CCN(CCNC(=O)[C@H]2CC[C@@H](C(=O)N3CCCC3)O2)C1. The zero-order chi connectivity index (χ0) is 17.2. The number of rotatable bonds is 5. The fourth-order valence-electron chi connectivity index (χ4n) is 4.02. The van der Waals surface area contributed by atoms with Gasteiger partial charge >= 0.3 is 0 Å². The van der Waals surface area contributed by atoms with Crippen LogP contribution in [0.2, 0.25) is 0 Å². The molecule has 24 heavy (non-hydrogen) atoms. The second-order valence-electron chi connectivity index (χ2n) is 8.20. The lowest BCUT2D eigenvalue weighted by Gasteiger charge is -2.21. The van der Waals surface area contributed by atoms with E-state index in [0.29, 0.717) is 24.8 Å². The number of nitrogens with zero attached hydrogens (tertiary/aromatic N) is 2. The van der Waals surface area contributed by atoms with Crippen LogP contribution in [-0.4, -0.2) is 73.1 Å². The number of nitrogens with one attached hydrogen (secondary N) is 1. The third-order valence-electron chi connectivity index (χ3n) is 5.49. The standard InChI is InChI=1S/C18H31N3O3/c1-18(2)7-11-20(13-18)12-8-19-16(22)14-5-6-15(24-14)17(23)21-9-3-4-10-21/h14-15H,3-13H2,1-2H3,(H,19,22)/t14-,15+/m1/s1. The van der Waals surface area contributed by atoms with Gasteiger partial charge in [-0.05, 0) is 44.1 Å². The molecule has 0 saturated carbocycles. The van der Waals surface area contributed by atoms with E-state index in [1.807, 2.05) is 4.90 Å². The van der Waals surface area contributed by atoms with E-state index in [2.05, 4.69) is 24.1 Å². The molecule has 0 unspecified atom stereocenters. The molecule has 136 valence electrons. The third-order valence-corrected chi connectivity index (χ3v) is 5.49. The maximum atomic E-state index is 12.3. The summed E-state index contributed by atoms with van der Waals surface area (Å²) in [7, 11) is 0. The lowest BCUT2D eigenvalue weighted by molar-refractivity contribution is -0.145. The molecule has 0 bridgehead atoms. The van der Waals surface area contributed by atoms with Gasteiger partial charge in [-0.2, -0.15) is 0 Å². The average Bonchev–Trinajstić information content (AvgIpc) is 3.27. The van der Waals surface area contributed by atoms with Gasteiger partial charge in [0.05, 0.1) is 0 Å². The van der Waals surface area contributed by atoms with Crippen molar-refractivity contribution in [3.05, 3.63) is 0 Å². The van der Waals surface area contributed by atoms with Gasteiger partial charge in [0.15, 0.2) is 0 Å². The molecule has 0 radical (unpaired) electrons. The third kappa shape index (κ3) is 4.28. The van der Waals surface area contributed by atoms with Crippen LogP contribution >= 0.6 is 0 Å². The van der Waals surface area contributed by atoms with E-state index in [4.69, 9.17) is 4.74 Å². The van der Waals surface area contributed by atoms with Crippen LogP contribution in [0.15, 0.2) is 0 Å². The Kier molecular flexibility index (Phi) is 5.45. The molecule has 3 saturated heterocycles. The van der Waals surface area contributed by atoms with Gasteiger partial charge in [0, 0.05) is 32.7 Å². The summed E-state index contributed by atoms with van der Waals surface area (Å²) in [6.45, 7) is 9.98. The lowest BCUT2D eigenvalue weighted by atomic mass is 9.93. The Morgan fingerprint density at radius 2 is 1.83 bits per heavy atom. The first-order chi connectivity index (χ1) is 11.4. The minimum Gasteiger partial charge on any atom is -0.355 e. The minimum atomic E-state index is -0.462. The topological polar surface area (TPSA) is 61.9 Å². The van der Waals surface area contributed by atoms with Crippen LogP contribution in [0.4, 0.5) is 0 Å². The highest BCUT2D eigenvalue weighted by Gasteiger charge is 2.37. The number of ether oxygens (including phenoxy) is 1. The number of amides is 2. The van der Waals surface area contributed by atoms with Crippen LogP contribution in [0.3, 0.4) is 0 Å². The second-order valence-corrected chi connectivity index (χ2v) is 8.20. The highest BCUT2D eigenvalue weighted by atomic mass is 16.5. The van der Waals surface area contributed by atoms with E-state index in [9.17, 15) is 9.59 Å². The molecule has 0 spiro atoms. The van der Waals surface area contributed by atoms with Gasteiger partial charge < -0.3 is 19.9 Å². The first-order valence-corrected chi connectivity index (χ1v) is 9.39. The summed E-state index contributed by atoms with van der Waals surface area (Å²) in [5, 5.41) is 2.98. The first-order valence-electron chi connectivity index (χ1n) is 9.39. The molecule has 3 aliphatic heterocycles. The van der Waals surface area contributed by atoms with Gasteiger partial charge in [-0.3, -0.25) is 9.59 Å². The Balaban J connectivity index is 1.36. The van der Waals surface area contributed by atoms with E-state index in [-0.39, 0.29) is 11.8 Å². The van der Waals surface area contributed by atoms with E-state index >= 15 is 0 Å². The van der Waals surface area contributed by atoms with Crippen LogP contribution in [-0.2, 0) is 14.3 Å². The Hall–Kier alpha value is -1.14. The molecule has 0 aliphatic carbocycles. The molecule has 6 nitrogen and oxygen atoms in total. The summed E-state index contributed by atoms with van der Waals surface area (Å²) >= 11 is 0. The molecule has 3 rings (SSSR count). The highest BCUT2D eigenvalue weighted by Crippen LogP contribution is 2.28. The number of hydrogen-bond acceptors (Lipinski definition) is 4. The fourth-order valence-corrected chi connectivity index (χ4v) is 4.02. The van der Waals surface area contributed by atoms with E-state index < -0.39 is 12.2 Å². The summed E-state index contributed by atoms with van der Waals surface area (Å²) in [6.07, 6.45) is 3.80. The van der Waals surface area contributed by atoms with Crippen molar-refractivity contribution in [3.63, 3.8) is 0 Å². The monoisotopic (exact) mass is 337 g/mol. The fraction of sp³-hybridized carbons (Fsp3) is 0.889. The Labute approximate surface area is 144 Å². The maximum Gasteiger partial charge on any atom is 0.251 e. The Morgan fingerprint density at radius 3 is 2.50 bits per heavy atom. The molecular formula is C18H31N3O3. The molecule has 1 N–H and O–H groups in total. The molecule has 0 aromatic carbocycles. The van der Waals surface area contributed by atoms with Gasteiger partial charge in [-0.15, -0.1) is 0 Å². The van der Waals surface area contributed by atoms with Crippen LogP contribution < -0.4 is 5.32 Å². The largest absolute Gasteiger partial charge is 0.355 e. The zero-order valence-corrected chi connectivity index (χ0v) is 15.1. The second kappa shape index (κ2) is 7.40. The summed E-state index contributed by atoms with van der Waals surface area (Å²) < 4.78 is 5.74. The van der Waals surface area contributed by atoms with Crippen molar-refractivity contribution in [1.29, 1.82) is 0 Å². The van der Waals surface area contributed by atoms with E-state index in [1.54, 1.807) is 0 Å².